The number of hydrogen-bond donors (Lipinski definition) is 1. The van der Waals surface area contributed by atoms with Crippen molar-refractivity contribution in [2.45, 2.75) is 6.92 Å². The van der Waals surface area contributed by atoms with Crippen molar-refractivity contribution >= 4 is 5.97 Å². The van der Waals surface area contributed by atoms with Crippen LogP contribution in [0.25, 0.3) is 11.3 Å². The van der Waals surface area contributed by atoms with Crippen molar-refractivity contribution in [1.29, 1.82) is 0 Å². The summed E-state index contributed by atoms with van der Waals surface area (Å²) in [7, 11) is 1.51. The first-order valence-electron chi connectivity index (χ1n) is 5.09. The van der Waals surface area contributed by atoms with Crippen LogP contribution in [0.4, 0.5) is 0 Å². The second-order valence-electron chi connectivity index (χ2n) is 3.65. The van der Waals surface area contributed by atoms with Crippen molar-refractivity contribution in [1.82, 2.24) is 0 Å². The van der Waals surface area contributed by atoms with Crippen molar-refractivity contribution < 1.29 is 19.1 Å². The van der Waals surface area contributed by atoms with E-state index in [2.05, 4.69) is 0 Å². The van der Waals surface area contributed by atoms with Crippen LogP contribution in [0.3, 0.4) is 0 Å². The third kappa shape index (κ3) is 2.01. The van der Waals surface area contributed by atoms with E-state index in [4.69, 9.17) is 9.15 Å². The molecular weight excluding hydrogens is 220 g/mol. The Morgan fingerprint density at radius 3 is 2.71 bits per heavy atom. The number of carboxylic acid groups (broad SMARTS) is 1. The molecule has 0 bridgehead atoms. The van der Waals surface area contributed by atoms with E-state index in [1.807, 2.05) is 6.92 Å². The number of furan rings is 1. The lowest BCUT2D eigenvalue weighted by molar-refractivity contribution is 0.0697. The maximum atomic E-state index is 11.2. The topological polar surface area (TPSA) is 59.7 Å². The molecule has 0 fully saturated rings. The Kier molecular flexibility index (Phi) is 2.87. The van der Waals surface area contributed by atoms with Gasteiger partial charge in [-0.3, -0.25) is 0 Å². The van der Waals surface area contributed by atoms with Gasteiger partial charge in [-0.15, -0.1) is 0 Å². The van der Waals surface area contributed by atoms with Gasteiger partial charge in [-0.2, -0.15) is 0 Å². The second kappa shape index (κ2) is 4.33. The zero-order valence-corrected chi connectivity index (χ0v) is 9.56. The molecule has 0 spiro atoms. The van der Waals surface area contributed by atoms with E-state index in [0.29, 0.717) is 17.1 Å². The third-order valence-electron chi connectivity index (χ3n) is 2.55. The fourth-order valence-electron chi connectivity index (χ4n) is 1.72. The highest BCUT2D eigenvalue weighted by Crippen LogP contribution is 2.30. The minimum atomic E-state index is -1.00. The Labute approximate surface area is 98.4 Å². The summed E-state index contributed by atoms with van der Waals surface area (Å²) in [6, 6.07) is 6.71. The van der Waals surface area contributed by atoms with Gasteiger partial charge in [0.25, 0.3) is 0 Å². The molecular formula is C13H12O4. The maximum absolute atomic E-state index is 11.2. The summed E-state index contributed by atoms with van der Waals surface area (Å²) in [5.74, 6) is 0.0839. The SMILES string of the molecule is COc1cc(C(=O)O)c(-c2ccco2)cc1C. The lowest BCUT2D eigenvalue weighted by Crippen LogP contribution is -2.01. The highest BCUT2D eigenvalue weighted by molar-refractivity contribution is 5.96. The fraction of sp³-hybridized carbons (Fsp3) is 0.154. The highest BCUT2D eigenvalue weighted by Gasteiger charge is 2.16. The lowest BCUT2D eigenvalue weighted by Gasteiger charge is -2.09. The second-order valence-corrected chi connectivity index (χ2v) is 3.65. The average Bonchev–Trinajstić information content (AvgIpc) is 2.81. The van der Waals surface area contributed by atoms with Crippen LogP contribution < -0.4 is 4.74 Å². The standard InChI is InChI=1S/C13H12O4/c1-8-6-9(11-4-3-5-17-11)10(13(14)15)7-12(8)16-2/h3-7H,1-2H3,(H,14,15). The van der Waals surface area contributed by atoms with Crippen molar-refractivity contribution in [2.24, 2.45) is 0 Å². The molecule has 0 amide bonds. The maximum Gasteiger partial charge on any atom is 0.336 e. The summed E-state index contributed by atoms with van der Waals surface area (Å²) in [5.41, 5.74) is 1.59. The molecule has 0 aliphatic carbocycles. The number of rotatable bonds is 3. The summed E-state index contributed by atoms with van der Waals surface area (Å²) in [4.78, 5) is 11.2. The van der Waals surface area contributed by atoms with Crippen molar-refractivity contribution in [2.75, 3.05) is 7.11 Å². The molecule has 2 rings (SSSR count). The van der Waals surface area contributed by atoms with Gasteiger partial charge in [0.1, 0.15) is 11.5 Å². The van der Waals surface area contributed by atoms with Gasteiger partial charge in [-0.25, -0.2) is 4.79 Å². The first-order chi connectivity index (χ1) is 8.13. The van der Waals surface area contributed by atoms with Gasteiger partial charge < -0.3 is 14.3 Å². The van der Waals surface area contributed by atoms with E-state index in [1.54, 1.807) is 18.2 Å². The lowest BCUT2D eigenvalue weighted by atomic mass is 10.0. The summed E-state index contributed by atoms with van der Waals surface area (Å²) in [5, 5.41) is 9.18. The number of aromatic carboxylic acids is 1. The number of hydrogen-bond acceptors (Lipinski definition) is 3. The molecule has 0 radical (unpaired) electrons. The number of carboxylic acids is 1. The molecule has 2 aromatic rings. The van der Waals surface area contributed by atoms with E-state index in [0.717, 1.165) is 5.56 Å². The summed E-state index contributed by atoms with van der Waals surface area (Å²) < 4.78 is 10.3. The molecule has 0 aliphatic rings. The Bertz CT molecular complexity index is 541. The predicted octanol–water partition coefficient (Wildman–Crippen LogP) is 2.96. The van der Waals surface area contributed by atoms with Crippen molar-refractivity contribution in [3.05, 3.63) is 41.7 Å². The van der Waals surface area contributed by atoms with Crippen LogP contribution in [0.2, 0.25) is 0 Å². The van der Waals surface area contributed by atoms with Gasteiger partial charge >= 0.3 is 5.97 Å². The van der Waals surface area contributed by atoms with E-state index in [9.17, 15) is 9.90 Å². The van der Waals surface area contributed by atoms with Gasteiger partial charge in [0.05, 0.1) is 18.9 Å². The Morgan fingerprint density at radius 1 is 1.41 bits per heavy atom. The number of benzene rings is 1. The molecule has 17 heavy (non-hydrogen) atoms. The monoisotopic (exact) mass is 232 g/mol. The molecule has 1 aromatic carbocycles. The summed E-state index contributed by atoms with van der Waals surface area (Å²) >= 11 is 0. The molecule has 0 unspecified atom stereocenters. The number of carbonyl (C=O) groups is 1. The predicted molar refractivity (Wildman–Crippen MR) is 62.4 cm³/mol. The highest BCUT2D eigenvalue weighted by atomic mass is 16.5. The van der Waals surface area contributed by atoms with Gasteiger partial charge in [0.15, 0.2) is 0 Å². The largest absolute Gasteiger partial charge is 0.496 e. The normalized spacial score (nSPS) is 10.2. The molecule has 1 aromatic heterocycles. The Morgan fingerprint density at radius 2 is 2.18 bits per heavy atom. The van der Waals surface area contributed by atoms with Crippen LogP contribution in [0.15, 0.2) is 34.9 Å². The van der Waals surface area contributed by atoms with Crippen LogP contribution in [0.1, 0.15) is 15.9 Å². The van der Waals surface area contributed by atoms with E-state index >= 15 is 0 Å². The van der Waals surface area contributed by atoms with Gasteiger partial charge in [-0.1, -0.05) is 0 Å². The van der Waals surface area contributed by atoms with Gasteiger partial charge in [0, 0.05) is 5.56 Å². The number of ether oxygens (including phenoxy) is 1. The summed E-state index contributed by atoms with van der Waals surface area (Å²) in [6.45, 7) is 1.86. The van der Waals surface area contributed by atoms with Crippen LogP contribution in [0, 0.1) is 6.92 Å². The minimum absolute atomic E-state index is 0.169. The van der Waals surface area contributed by atoms with Crippen LogP contribution in [-0.2, 0) is 0 Å². The van der Waals surface area contributed by atoms with E-state index in [-0.39, 0.29) is 5.56 Å². The molecule has 1 heterocycles. The third-order valence-corrected chi connectivity index (χ3v) is 2.55. The zero-order chi connectivity index (χ0) is 12.4. The number of aryl methyl sites for hydroxylation is 1. The molecule has 0 atom stereocenters. The summed E-state index contributed by atoms with van der Waals surface area (Å²) in [6.07, 6.45) is 1.51. The molecule has 1 N–H and O–H groups in total. The molecule has 0 aliphatic heterocycles. The number of methoxy groups -OCH3 is 1. The Hall–Kier alpha value is -2.23. The molecule has 88 valence electrons. The Balaban J connectivity index is 2.66. The van der Waals surface area contributed by atoms with Gasteiger partial charge in [-0.05, 0) is 36.8 Å². The first kappa shape index (κ1) is 11.3. The van der Waals surface area contributed by atoms with Gasteiger partial charge in [0.2, 0.25) is 0 Å². The van der Waals surface area contributed by atoms with E-state index < -0.39 is 5.97 Å². The first-order valence-corrected chi connectivity index (χ1v) is 5.09. The fourth-order valence-corrected chi connectivity index (χ4v) is 1.72. The molecule has 4 heteroatoms. The van der Waals surface area contributed by atoms with Crippen LogP contribution >= 0.6 is 0 Å². The molecule has 0 saturated heterocycles. The zero-order valence-electron chi connectivity index (χ0n) is 9.56. The quantitative estimate of drug-likeness (QED) is 0.883. The minimum Gasteiger partial charge on any atom is -0.496 e. The van der Waals surface area contributed by atoms with Crippen LogP contribution in [-0.4, -0.2) is 18.2 Å². The van der Waals surface area contributed by atoms with E-state index in [1.165, 1.54) is 19.4 Å². The molecule has 0 saturated carbocycles. The molecule has 4 nitrogen and oxygen atoms in total. The average molecular weight is 232 g/mol. The van der Waals surface area contributed by atoms with Crippen LogP contribution in [0.5, 0.6) is 5.75 Å². The van der Waals surface area contributed by atoms with Crippen molar-refractivity contribution in [3.63, 3.8) is 0 Å². The smallest absolute Gasteiger partial charge is 0.336 e. The van der Waals surface area contributed by atoms with Crippen molar-refractivity contribution in [3.8, 4) is 17.1 Å².